The first-order chi connectivity index (χ1) is 46.6. The zero-order valence-corrected chi connectivity index (χ0v) is 54.3. The lowest BCUT2D eigenvalue weighted by atomic mass is 10.2. The van der Waals surface area contributed by atoms with Crippen molar-refractivity contribution in [2.75, 3.05) is 52.6 Å². The van der Waals surface area contributed by atoms with E-state index in [1.54, 1.807) is 127 Å². The van der Waals surface area contributed by atoms with Gasteiger partial charge in [0.15, 0.2) is 39.6 Å². The van der Waals surface area contributed by atoms with Crippen LogP contribution in [0.1, 0.15) is 143 Å². The van der Waals surface area contributed by atoms with Gasteiger partial charge in [-0.25, -0.2) is 66.7 Å². The number of hydrogen-bond acceptors (Lipinski definition) is 27. The highest BCUT2D eigenvalue weighted by atomic mass is 35.5. The third-order valence-corrected chi connectivity index (χ3v) is 11.9. The van der Waals surface area contributed by atoms with Gasteiger partial charge in [0.25, 0.3) is 0 Å². The topological polar surface area (TPSA) is 460 Å². The molecule has 0 amide bonds. The van der Waals surface area contributed by atoms with Crippen molar-refractivity contribution in [3.8, 4) is 5.88 Å². The summed E-state index contributed by atoms with van der Waals surface area (Å²) in [5.74, 6) is 2.78. The number of methoxy groups -OCH3 is 1. The number of nitrogens with one attached hydrogen (secondary N) is 2. The number of aromatic carboxylic acids is 1. The molecule has 97 heavy (non-hydrogen) atoms. The fourth-order valence-electron chi connectivity index (χ4n) is 7.52. The molecule has 0 aliphatic carbocycles. The van der Waals surface area contributed by atoms with Crippen LogP contribution in [-0.2, 0) is 47.6 Å². The minimum Gasteiger partial charge on any atom is -0.482 e. The maximum absolute atomic E-state index is 11.5. The molecule has 11 heterocycles. The standard InChI is InChI=1S/C10H10N2O3.C9H8ClN3O2.C9H9N3O2.C8H12N2O2.C8H11NO3.C8H11NO2.C7H5N3O2.2CO2/c1-2-15-10(14)8-4-3-7-9(13)5-6-11-12(7)8;1-2-15-9(14)7-4-3-6-8(10)11-5-12-13(6)7;1-2-14-9(13)8-4-3-7-5-10-6-11-12(7)8;1-3-12-8(11)7-5-4-6(2)10(7)9;1-3-12-8(10)6-4-5-7(9-6)11-2;1-3-11-8(10)7-5-4-6(2)9-7;11-7(12)6-2-1-5-3-8-4-9-10(5)6;2*2-1-3/h3-4,6H,2,5H2,1H3;3-5H,2H2,1H3;3-6H,2H2,1H3;4-5H,3,9H2,1-2H3;4-5,9H,3H2,1-2H3;4-5,9H,3H2,1-2H3;1-4H,(H,11,12);;. The van der Waals surface area contributed by atoms with Crippen molar-refractivity contribution in [1.29, 1.82) is 0 Å². The van der Waals surface area contributed by atoms with E-state index in [0.717, 1.165) is 16.9 Å². The van der Waals surface area contributed by atoms with E-state index >= 15 is 0 Å². The molecule has 35 nitrogen and oxygen atoms in total. The van der Waals surface area contributed by atoms with Crippen LogP contribution in [0, 0.1) is 13.8 Å². The predicted molar refractivity (Wildman–Crippen MR) is 336 cm³/mol. The number of fused-ring (bicyclic) bond motifs is 4. The van der Waals surface area contributed by atoms with E-state index in [4.69, 9.17) is 74.9 Å². The molecule has 36 heteroatoms. The zero-order chi connectivity index (χ0) is 72.0. The number of halogens is 1. The Balaban J connectivity index is 0.000000291. The second-order valence-electron chi connectivity index (χ2n) is 17.9. The highest BCUT2D eigenvalue weighted by Crippen LogP contribution is 2.18. The molecule has 0 spiro atoms. The lowest BCUT2D eigenvalue weighted by Crippen LogP contribution is -2.19. The summed E-state index contributed by atoms with van der Waals surface area (Å²) in [6.07, 6.45) is 9.44. The number of aryl methyl sites for hydroxylation is 2. The van der Waals surface area contributed by atoms with E-state index in [1.807, 2.05) is 19.9 Å². The third-order valence-electron chi connectivity index (χ3n) is 11.7. The number of nitrogen functional groups attached to an aromatic ring is 1. The van der Waals surface area contributed by atoms with Gasteiger partial charge in [-0.1, -0.05) is 11.6 Å². The van der Waals surface area contributed by atoms with Crippen molar-refractivity contribution in [1.82, 2.24) is 63.1 Å². The number of ether oxygens (including phenoxy) is 7. The van der Waals surface area contributed by atoms with Gasteiger partial charge < -0.3 is 54.1 Å². The van der Waals surface area contributed by atoms with Crippen molar-refractivity contribution in [2.45, 2.75) is 61.8 Å². The van der Waals surface area contributed by atoms with Crippen LogP contribution in [0.5, 0.6) is 5.88 Å². The van der Waals surface area contributed by atoms with Crippen molar-refractivity contribution in [3.63, 3.8) is 0 Å². The molecule has 0 atom stereocenters. The second-order valence-corrected chi connectivity index (χ2v) is 18.2. The molecular weight excluding hydrogens is 1300 g/mol. The van der Waals surface area contributed by atoms with Crippen LogP contribution in [-0.4, -0.2) is 181 Å². The average Bonchev–Trinajstić information content (AvgIpc) is 1.69. The maximum Gasteiger partial charge on any atom is 0.373 e. The number of carboxylic acid groups (broad SMARTS) is 1. The maximum atomic E-state index is 11.5. The minimum absolute atomic E-state index is 0.0412. The number of esters is 6. The number of Topliss-reactive ketones (excluding diaryl/α,β-unsaturated/α-hetero) is 1. The molecule has 0 unspecified atom stereocenters. The summed E-state index contributed by atoms with van der Waals surface area (Å²) in [6, 6.07) is 23.3. The largest absolute Gasteiger partial charge is 0.482 e. The summed E-state index contributed by atoms with van der Waals surface area (Å²) < 4.78 is 40.6. The number of aromatic nitrogens is 13. The highest BCUT2D eigenvalue weighted by Gasteiger charge is 2.22. The summed E-state index contributed by atoms with van der Waals surface area (Å²) in [4.78, 5) is 139. The van der Waals surface area contributed by atoms with Crippen molar-refractivity contribution in [3.05, 3.63) is 178 Å². The molecule has 0 fully saturated rings. The van der Waals surface area contributed by atoms with E-state index < -0.39 is 17.9 Å². The van der Waals surface area contributed by atoms with Crippen LogP contribution in [0.4, 0.5) is 0 Å². The molecule has 10 aromatic heterocycles. The van der Waals surface area contributed by atoms with Gasteiger partial charge in [0, 0.05) is 30.1 Å². The van der Waals surface area contributed by atoms with Crippen LogP contribution >= 0.6 is 11.6 Å². The molecular formula is C61H66ClN15O20. The predicted octanol–water partition coefficient (Wildman–Crippen LogP) is 6.20. The minimum atomic E-state index is -0.992. The molecule has 0 saturated carbocycles. The number of carbonyl (C=O) groups is 8. The Hall–Kier alpha value is -12.7. The number of ketones is 1. The first-order valence-electron chi connectivity index (χ1n) is 28.5. The molecule has 11 rings (SSSR count). The van der Waals surface area contributed by atoms with Crippen LogP contribution in [0.15, 0.2) is 121 Å². The van der Waals surface area contributed by atoms with E-state index in [9.17, 15) is 38.4 Å². The zero-order valence-electron chi connectivity index (χ0n) is 53.5. The fourth-order valence-corrected chi connectivity index (χ4v) is 7.71. The SMILES string of the molecule is CCOC(=O)c1ccc(C)[nH]1.CCOC(=O)c1ccc(C)n1N.CCOC(=O)c1ccc(OC)[nH]1.CCOC(=O)c1ccc2c(Cl)ncnn12.CCOC(=O)c1ccc2cncnn12.CCOC(=O)c1ccc2n1N=CCC2=O.O=C(O)c1ccc2cncnn12.O=C=O.O=C=O. The summed E-state index contributed by atoms with van der Waals surface area (Å²) in [6.45, 7) is 16.4. The molecule has 0 bridgehead atoms. The number of nitrogens with zero attached hydrogens (tertiary/aromatic N) is 12. The first-order valence-corrected chi connectivity index (χ1v) is 28.9. The Morgan fingerprint density at radius 2 is 0.979 bits per heavy atom. The Labute approximate surface area is 555 Å². The normalized spacial score (nSPS) is 10.2. The van der Waals surface area contributed by atoms with E-state index in [-0.39, 0.29) is 59.8 Å². The van der Waals surface area contributed by atoms with Crippen LogP contribution in [0.2, 0.25) is 5.15 Å². The summed E-state index contributed by atoms with van der Waals surface area (Å²) in [5, 5.41) is 24.6. The molecule has 10 aromatic rings. The van der Waals surface area contributed by atoms with E-state index in [1.165, 1.54) is 61.3 Å². The molecule has 512 valence electrons. The smallest absolute Gasteiger partial charge is 0.373 e. The summed E-state index contributed by atoms with van der Waals surface area (Å²) in [7, 11) is 1.53. The number of carboxylic acids is 1. The van der Waals surface area contributed by atoms with Crippen molar-refractivity contribution in [2.24, 2.45) is 5.10 Å². The Bertz CT molecular complexity index is 4320. The molecule has 0 radical (unpaired) electrons. The number of aromatic amines is 2. The summed E-state index contributed by atoms with van der Waals surface area (Å²) >= 11 is 5.83. The van der Waals surface area contributed by atoms with Gasteiger partial charge >= 0.3 is 54.1 Å². The monoisotopic (exact) mass is 1360 g/mol. The Morgan fingerprint density at radius 1 is 0.546 bits per heavy atom. The Morgan fingerprint density at radius 3 is 1.45 bits per heavy atom. The van der Waals surface area contributed by atoms with Gasteiger partial charge in [-0.3, -0.25) is 9.47 Å². The molecule has 0 saturated heterocycles. The van der Waals surface area contributed by atoms with Crippen LogP contribution in [0.3, 0.4) is 0 Å². The first kappa shape index (κ1) is 78.5. The van der Waals surface area contributed by atoms with Gasteiger partial charge in [-0.05, 0) is 134 Å². The fraction of sp³-hybridized carbons (Fsp3) is 0.262. The average molecular weight is 1360 g/mol. The molecule has 1 aliphatic rings. The number of hydrogen-bond donors (Lipinski definition) is 4. The number of carbonyl (C=O) groups excluding carboxylic acids is 11. The van der Waals surface area contributed by atoms with Gasteiger partial charge in [0.2, 0.25) is 0 Å². The number of nitrogens with two attached hydrogens (primary N) is 1. The Kier molecular flexibility index (Phi) is 33.7. The van der Waals surface area contributed by atoms with Crippen LogP contribution in [0.25, 0.3) is 16.6 Å². The van der Waals surface area contributed by atoms with Gasteiger partial charge in [-0.2, -0.15) is 39.6 Å². The van der Waals surface area contributed by atoms with E-state index in [2.05, 4.69) is 45.3 Å². The lowest BCUT2D eigenvalue weighted by molar-refractivity contribution is -0.193. The third kappa shape index (κ3) is 23.7. The summed E-state index contributed by atoms with van der Waals surface area (Å²) in [5.41, 5.74) is 6.77. The van der Waals surface area contributed by atoms with Crippen LogP contribution < -0.4 is 10.6 Å². The molecule has 1 aliphatic heterocycles. The van der Waals surface area contributed by atoms with Crippen molar-refractivity contribution >= 4 is 94.2 Å². The number of H-pyrrole nitrogens is 2. The molecule has 0 aromatic carbocycles. The van der Waals surface area contributed by atoms with Gasteiger partial charge in [0.1, 0.15) is 47.3 Å². The quantitative estimate of drug-likeness (QED) is 0.0535. The van der Waals surface area contributed by atoms with Gasteiger partial charge in [0.05, 0.1) is 70.2 Å². The molecule has 5 N–H and O–H groups in total. The van der Waals surface area contributed by atoms with E-state index in [0.29, 0.717) is 95.9 Å². The van der Waals surface area contributed by atoms with Crippen molar-refractivity contribution < 1.29 is 95.8 Å². The second kappa shape index (κ2) is 41.7. The highest BCUT2D eigenvalue weighted by molar-refractivity contribution is 6.32. The van der Waals surface area contributed by atoms with Gasteiger partial charge in [-0.15, -0.1) is 0 Å². The lowest BCUT2D eigenvalue weighted by Gasteiger charge is -2.09. The number of rotatable bonds is 14.